The van der Waals surface area contributed by atoms with Gasteiger partial charge in [0.2, 0.25) is 0 Å². The molecule has 0 radical (unpaired) electrons. The number of aromatic nitrogens is 3. The van der Waals surface area contributed by atoms with Crippen LogP contribution < -0.4 is 0 Å². The van der Waals surface area contributed by atoms with Crippen molar-refractivity contribution in [3.63, 3.8) is 0 Å². The lowest BCUT2D eigenvalue weighted by atomic mass is 10.2. The monoisotopic (exact) mass is 289 g/mol. The van der Waals surface area contributed by atoms with Crippen LogP contribution in [-0.4, -0.2) is 26.0 Å². The molecule has 0 amide bonds. The van der Waals surface area contributed by atoms with Crippen LogP contribution in [0.4, 0.5) is 0 Å². The summed E-state index contributed by atoms with van der Waals surface area (Å²) in [7, 11) is 0. The summed E-state index contributed by atoms with van der Waals surface area (Å²) in [4.78, 5) is 24.0. The van der Waals surface area contributed by atoms with Gasteiger partial charge in [0.25, 0.3) is 0 Å². The highest BCUT2D eigenvalue weighted by Crippen LogP contribution is 2.26. The predicted molar refractivity (Wildman–Crippen MR) is 77.0 cm³/mol. The van der Waals surface area contributed by atoms with Crippen LogP contribution in [0.25, 0.3) is 0 Å². The summed E-state index contributed by atoms with van der Waals surface area (Å²) < 4.78 is 0. The van der Waals surface area contributed by atoms with Crippen molar-refractivity contribution in [1.29, 1.82) is 0 Å². The van der Waals surface area contributed by atoms with Crippen LogP contribution in [0, 0.1) is 20.8 Å². The van der Waals surface area contributed by atoms with Crippen LogP contribution in [0.15, 0.2) is 23.4 Å². The maximum atomic E-state index is 11.3. The molecule has 0 bridgehead atoms. The van der Waals surface area contributed by atoms with Crippen LogP contribution in [0.2, 0.25) is 0 Å². The number of carboxylic acid groups (broad SMARTS) is 1. The molecule has 2 rings (SSSR count). The van der Waals surface area contributed by atoms with E-state index in [1.807, 2.05) is 19.1 Å². The van der Waals surface area contributed by atoms with Crippen LogP contribution in [-0.2, 0) is 5.75 Å². The van der Waals surface area contributed by atoms with Crippen molar-refractivity contribution in [3.05, 3.63) is 46.7 Å². The second-order valence-electron chi connectivity index (χ2n) is 4.40. The molecule has 2 aromatic rings. The van der Waals surface area contributed by atoms with Gasteiger partial charge in [-0.1, -0.05) is 17.8 Å². The van der Waals surface area contributed by atoms with Crippen molar-refractivity contribution in [3.8, 4) is 0 Å². The number of aromatic carboxylic acids is 1. The Balaban J connectivity index is 2.30. The van der Waals surface area contributed by atoms with E-state index in [0.29, 0.717) is 22.3 Å². The van der Waals surface area contributed by atoms with Gasteiger partial charge in [0.1, 0.15) is 16.4 Å². The lowest BCUT2D eigenvalue weighted by molar-refractivity contribution is 0.0690. The van der Waals surface area contributed by atoms with Gasteiger partial charge >= 0.3 is 5.97 Å². The standard InChI is InChI=1S/C14H15N3O2S/c1-8-5-4-6-15-11(8)7-20-13-12(14(18)19)9(2)16-10(3)17-13/h4-6H,7H2,1-3H3,(H,18,19). The molecule has 6 heteroatoms. The number of carbonyl (C=O) groups is 1. The number of hydrogen-bond donors (Lipinski definition) is 1. The van der Waals surface area contributed by atoms with E-state index < -0.39 is 5.97 Å². The highest BCUT2D eigenvalue weighted by Gasteiger charge is 2.17. The highest BCUT2D eigenvalue weighted by molar-refractivity contribution is 7.98. The van der Waals surface area contributed by atoms with E-state index in [-0.39, 0.29) is 5.56 Å². The number of thioether (sulfide) groups is 1. The van der Waals surface area contributed by atoms with E-state index in [1.165, 1.54) is 11.8 Å². The summed E-state index contributed by atoms with van der Waals surface area (Å²) in [6.45, 7) is 5.43. The van der Waals surface area contributed by atoms with E-state index >= 15 is 0 Å². The average molecular weight is 289 g/mol. The second-order valence-corrected chi connectivity index (χ2v) is 5.36. The molecule has 0 atom stereocenters. The first-order valence-corrected chi connectivity index (χ1v) is 7.09. The number of pyridine rings is 1. The molecule has 0 aliphatic carbocycles. The molecule has 20 heavy (non-hydrogen) atoms. The topological polar surface area (TPSA) is 76.0 Å². The maximum Gasteiger partial charge on any atom is 0.340 e. The van der Waals surface area contributed by atoms with Crippen LogP contribution in [0.5, 0.6) is 0 Å². The normalized spacial score (nSPS) is 10.6. The molecule has 0 aliphatic heterocycles. The summed E-state index contributed by atoms with van der Waals surface area (Å²) in [6, 6.07) is 3.86. The largest absolute Gasteiger partial charge is 0.478 e. The first-order chi connectivity index (χ1) is 9.49. The van der Waals surface area contributed by atoms with Gasteiger partial charge < -0.3 is 5.11 Å². The fourth-order valence-electron chi connectivity index (χ4n) is 1.84. The first-order valence-electron chi connectivity index (χ1n) is 6.11. The van der Waals surface area contributed by atoms with Crippen molar-refractivity contribution < 1.29 is 9.90 Å². The maximum absolute atomic E-state index is 11.3. The Labute approximate surface area is 121 Å². The Kier molecular flexibility index (Phi) is 4.34. The van der Waals surface area contributed by atoms with Gasteiger partial charge in [-0.25, -0.2) is 14.8 Å². The molecule has 0 saturated heterocycles. The minimum Gasteiger partial charge on any atom is -0.478 e. The summed E-state index contributed by atoms with van der Waals surface area (Å²) in [5, 5.41) is 9.77. The fourth-order valence-corrected chi connectivity index (χ4v) is 2.99. The van der Waals surface area contributed by atoms with E-state index in [1.54, 1.807) is 20.0 Å². The Bertz CT molecular complexity index is 659. The lowest BCUT2D eigenvalue weighted by Crippen LogP contribution is -2.08. The number of rotatable bonds is 4. The number of hydrogen-bond acceptors (Lipinski definition) is 5. The lowest BCUT2D eigenvalue weighted by Gasteiger charge is -2.09. The minimum absolute atomic E-state index is 0.175. The van der Waals surface area contributed by atoms with Gasteiger partial charge in [-0.3, -0.25) is 4.98 Å². The van der Waals surface area contributed by atoms with Gasteiger partial charge in [0.05, 0.1) is 11.4 Å². The van der Waals surface area contributed by atoms with E-state index in [4.69, 9.17) is 0 Å². The number of aryl methyl sites for hydroxylation is 3. The molecule has 2 heterocycles. The second kappa shape index (κ2) is 6.00. The molecule has 0 saturated carbocycles. The Morgan fingerprint density at radius 3 is 2.70 bits per heavy atom. The smallest absolute Gasteiger partial charge is 0.340 e. The molecule has 1 N–H and O–H groups in total. The zero-order valence-electron chi connectivity index (χ0n) is 11.5. The molecule has 0 aliphatic rings. The molecule has 0 fully saturated rings. The van der Waals surface area contributed by atoms with Gasteiger partial charge in [-0.05, 0) is 32.4 Å². The Morgan fingerprint density at radius 1 is 1.30 bits per heavy atom. The van der Waals surface area contributed by atoms with Crippen molar-refractivity contribution >= 4 is 17.7 Å². The molecule has 5 nitrogen and oxygen atoms in total. The average Bonchev–Trinajstić information content (AvgIpc) is 2.36. The highest BCUT2D eigenvalue weighted by atomic mass is 32.2. The van der Waals surface area contributed by atoms with E-state index in [9.17, 15) is 9.90 Å². The third-order valence-corrected chi connectivity index (χ3v) is 3.83. The molecule has 0 spiro atoms. The minimum atomic E-state index is -0.997. The SMILES string of the molecule is Cc1nc(C)c(C(=O)O)c(SCc2ncccc2C)n1. The van der Waals surface area contributed by atoms with Crippen molar-refractivity contribution in [2.45, 2.75) is 31.6 Å². The predicted octanol–water partition coefficient (Wildman–Crippen LogP) is 2.79. The van der Waals surface area contributed by atoms with Crippen molar-refractivity contribution in [2.75, 3.05) is 0 Å². The van der Waals surface area contributed by atoms with Gasteiger partial charge in [0.15, 0.2) is 0 Å². The molecule has 0 aromatic carbocycles. The molecule has 104 valence electrons. The zero-order chi connectivity index (χ0) is 14.7. The van der Waals surface area contributed by atoms with Gasteiger partial charge in [-0.2, -0.15) is 0 Å². The Morgan fingerprint density at radius 2 is 2.05 bits per heavy atom. The fraction of sp³-hybridized carbons (Fsp3) is 0.286. The summed E-state index contributed by atoms with van der Waals surface area (Å²) in [5.41, 5.74) is 2.68. The van der Waals surface area contributed by atoms with E-state index in [2.05, 4.69) is 15.0 Å². The van der Waals surface area contributed by atoms with Crippen molar-refractivity contribution in [1.82, 2.24) is 15.0 Å². The first kappa shape index (κ1) is 14.5. The summed E-state index contributed by atoms with van der Waals surface area (Å²) >= 11 is 1.38. The quantitative estimate of drug-likeness (QED) is 0.689. The third-order valence-electron chi connectivity index (χ3n) is 2.85. The Hall–Kier alpha value is -1.95. The van der Waals surface area contributed by atoms with Crippen LogP contribution in [0.1, 0.15) is 33.1 Å². The summed E-state index contributed by atoms with van der Waals surface area (Å²) in [5.74, 6) is 0.165. The number of carboxylic acids is 1. The van der Waals surface area contributed by atoms with E-state index in [0.717, 1.165) is 11.3 Å². The molecular weight excluding hydrogens is 274 g/mol. The van der Waals surface area contributed by atoms with Crippen molar-refractivity contribution in [2.24, 2.45) is 0 Å². The zero-order valence-corrected chi connectivity index (χ0v) is 12.4. The van der Waals surface area contributed by atoms with Crippen LogP contribution >= 0.6 is 11.8 Å². The summed E-state index contributed by atoms with van der Waals surface area (Å²) in [6.07, 6.45) is 1.73. The third kappa shape index (κ3) is 3.14. The van der Waals surface area contributed by atoms with Gasteiger partial charge in [0, 0.05) is 11.9 Å². The molecule has 0 unspecified atom stereocenters. The van der Waals surface area contributed by atoms with Crippen LogP contribution in [0.3, 0.4) is 0 Å². The molecule has 2 aromatic heterocycles. The molecular formula is C14H15N3O2S. The van der Waals surface area contributed by atoms with Gasteiger partial charge in [-0.15, -0.1) is 0 Å². The number of nitrogens with zero attached hydrogens (tertiary/aromatic N) is 3.